The first-order chi connectivity index (χ1) is 12.2. The lowest BCUT2D eigenvalue weighted by Gasteiger charge is -2.10. The first kappa shape index (κ1) is 15.9. The third kappa shape index (κ3) is 3.76. The summed E-state index contributed by atoms with van der Waals surface area (Å²) in [7, 11) is 0. The molecule has 0 radical (unpaired) electrons. The van der Waals surface area contributed by atoms with Gasteiger partial charge in [-0.1, -0.05) is 24.3 Å². The summed E-state index contributed by atoms with van der Waals surface area (Å²) >= 11 is 0. The Labute approximate surface area is 146 Å². The van der Waals surface area contributed by atoms with E-state index in [9.17, 15) is 9.18 Å². The van der Waals surface area contributed by atoms with Gasteiger partial charge in [-0.2, -0.15) is 0 Å². The van der Waals surface area contributed by atoms with Gasteiger partial charge in [0.2, 0.25) is 0 Å². The number of fused-ring (bicyclic) bond motifs is 1. The van der Waals surface area contributed by atoms with Crippen LogP contribution in [0.3, 0.4) is 0 Å². The van der Waals surface area contributed by atoms with Crippen molar-refractivity contribution < 1.29 is 13.9 Å². The number of hydrogen-bond acceptors (Lipinski definition) is 2. The average molecular weight is 340 g/mol. The van der Waals surface area contributed by atoms with E-state index in [0.717, 1.165) is 24.3 Å². The summed E-state index contributed by atoms with van der Waals surface area (Å²) in [5.41, 5.74) is 3.91. The standard InChI is InChI=1S/C20H21FN2O2/c21-18-5-4-15(14-2-3-14)10-17(18)12-23-20(24)22-11-13-1-6-19-16(9-13)7-8-25-19/h1,4-6,9-10,14H,2-3,7-8,11-12H2,(H2,22,23,24). The number of halogens is 1. The van der Waals surface area contributed by atoms with Gasteiger partial charge >= 0.3 is 6.03 Å². The first-order valence-electron chi connectivity index (χ1n) is 8.73. The number of benzene rings is 2. The molecule has 4 nitrogen and oxygen atoms in total. The molecule has 0 aromatic heterocycles. The molecule has 2 N–H and O–H groups in total. The number of rotatable bonds is 5. The van der Waals surface area contributed by atoms with Crippen LogP contribution >= 0.6 is 0 Å². The Bertz CT molecular complexity index is 802. The van der Waals surface area contributed by atoms with Crippen LogP contribution in [0.1, 0.15) is 41.0 Å². The molecule has 0 saturated heterocycles. The predicted octanol–water partition coefficient (Wildman–Crippen LogP) is 3.64. The van der Waals surface area contributed by atoms with E-state index in [4.69, 9.17) is 4.74 Å². The second kappa shape index (κ2) is 6.75. The fourth-order valence-corrected chi connectivity index (χ4v) is 3.17. The van der Waals surface area contributed by atoms with Gasteiger partial charge in [-0.25, -0.2) is 9.18 Å². The van der Waals surface area contributed by atoms with Crippen molar-refractivity contribution in [3.8, 4) is 5.75 Å². The van der Waals surface area contributed by atoms with Crippen LogP contribution < -0.4 is 15.4 Å². The molecule has 1 heterocycles. The third-order valence-electron chi connectivity index (χ3n) is 4.76. The molecule has 2 aromatic carbocycles. The lowest BCUT2D eigenvalue weighted by molar-refractivity contribution is 0.240. The van der Waals surface area contributed by atoms with Crippen molar-refractivity contribution in [1.29, 1.82) is 0 Å². The molecule has 2 aliphatic rings. The second-order valence-electron chi connectivity index (χ2n) is 6.70. The monoisotopic (exact) mass is 340 g/mol. The summed E-state index contributed by atoms with van der Waals surface area (Å²) in [6.07, 6.45) is 3.25. The van der Waals surface area contributed by atoms with Crippen LogP contribution in [0.15, 0.2) is 36.4 Å². The van der Waals surface area contributed by atoms with Gasteiger partial charge in [-0.05, 0) is 47.6 Å². The lowest BCUT2D eigenvalue weighted by Crippen LogP contribution is -2.34. The number of nitrogens with one attached hydrogen (secondary N) is 2. The van der Waals surface area contributed by atoms with E-state index in [1.54, 1.807) is 0 Å². The van der Waals surface area contributed by atoms with E-state index in [1.807, 2.05) is 24.3 Å². The van der Waals surface area contributed by atoms with E-state index in [1.165, 1.54) is 30.0 Å². The Hall–Kier alpha value is -2.56. The van der Waals surface area contributed by atoms with Crippen LogP contribution in [0.25, 0.3) is 0 Å². The molecule has 1 aliphatic heterocycles. The largest absolute Gasteiger partial charge is 0.493 e. The van der Waals surface area contributed by atoms with Crippen molar-refractivity contribution in [3.63, 3.8) is 0 Å². The van der Waals surface area contributed by atoms with E-state index >= 15 is 0 Å². The fourth-order valence-electron chi connectivity index (χ4n) is 3.17. The lowest BCUT2D eigenvalue weighted by atomic mass is 10.1. The summed E-state index contributed by atoms with van der Waals surface area (Å²) in [6, 6.07) is 10.9. The molecule has 2 aromatic rings. The number of carbonyl (C=O) groups is 1. The Kier molecular flexibility index (Phi) is 4.30. The van der Waals surface area contributed by atoms with Crippen molar-refractivity contribution in [2.45, 2.75) is 38.3 Å². The second-order valence-corrected chi connectivity index (χ2v) is 6.70. The molecular formula is C20H21FN2O2. The van der Waals surface area contributed by atoms with Crippen LogP contribution in [0, 0.1) is 5.82 Å². The summed E-state index contributed by atoms with van der Waals surface area (Å²) in [6.45, 7) is 1.35. The van der Waals surface area contributed by atoms with E-state index in [0.29, 0.717) is 18.0 Å². The quantitative estimate of drug-likeness (QED) is 0.873. The highest BCUT2D eigenvalue weighted by atomic mass is 19.1. The topological polar surface area (TPSA) is 50.4 Å². The Morgan fingerprint density at radius 1 is 1.12 bits per heavy atom. The highest BCUT2D eigenvalue weighted by Gasteiger charge is 2.24. The molecule has 0 bridgehead atoms. The summed E-state index contributed by atoms with van der Waals surface area (Å²) in [4.78, 5) is 12.0. The number of ether oxygens (including phenoxy) is 1. The molecule has 25 heavy (non-hydrogen) atoms. The van der Waals surface area contributed by atoms with Gasteiger partial charge in [0.1, 0.15) is 11.6 Å². The minimum absolute atomic E-state index is 0.191. The summed E-state index contributed by atoms with van der Waals surface area (Å²) in [5, 5.41) is 5.55. The van der Waals surface area contributed by atoms with Crippen LogP contribution in [-0.4, -0.2) is 12.6 Å². The molecule has 130 valence electrons. The maximum atomic E-state index is 13.9. The Morgan fingerprint density at radius 2 is 1.96 bits per heavy atom. The van der Waals surface area contributed by atoms with E-state index < -0.39 is 0 Å². The van der Waals surface area contributed by atoms with E-state index in [-0.39, 0.29) is 18.4 Å². The highest BCUT2D eigenvalue weighted by Crippen LogP contribution is 2.40. The minimum Gasteiger partial charge on any atom is -0.493 e. The van der Waals surface area contributed by atoms with Crippen LogP contribution in [0.2, 0.25) is 0 Å². The molecule has 5 heteroatoms. The van der Waals surface area contributed by atoms with Crippen molar-refractivity contribution >= 4 is 6.03 Å². The SMILES string of the molecule is O=C(NCc1ccc2c(c1)CCO2)NCc1cc(C2CC2)ccc1F. The zero-order valence-corrected chi connectivity index (χ0v) is 14.0. The number of hydrogen-bond donors (Lipinski definition) is 2. The molecule has 1 aliphatic carbocycles. The maximum absolute atomic E-state index is 13.9. The van der Waals surface area contributed by atoms with Gasteiger partial charge in [0, 0.05) is 25.1 Å². The molecular weight excluding hydrogens is 319 g/mol. The normalized spacial score (nSPS) is 15.4. The van der Waals surface area contributed by atoms with Crippen molar-refractivity contribution in [2.24, 2.45) is 0 Å². The molecule has 4 rings (SSSR count). The van der Waals surface area contributed by atoms with Crippen molar-refractivity contribution in [1.82, 2.24) is 10.6 Å². The third-order valence-corrected chi connectivity index (χ3v) is 4.76. The first-order valence-corrected chi connectivity index (χ1v) is 8.73. The van der Waals surface area contributed by atoms with E-state index in [2.05, 4.69) is 16.7 Å². The fraction of sp³-hybridized carbons (Fsp3) is 0.350. The summed E-state index contributed by atoms with van der Waals surface area (Å²) < 4.78 is 19.4. The smallest absolute Gasteiger partial charge is 0.315 e. The number of urea groups is 1. The van der Waals surface area contributed by atoms with Gasteiger partial charge in [-0.15, -0.1) is 0 Å². The van der Waals surface area contributed by atoms with Gasteiger partial charge in [0.25, 0.3) is 0 Å². The van der Waals surface area contributed by atoms with Crippen LogP contribution in [-0.2, 0) is 19.5 Å². The van der Waals surface area contributed by atoms with Crippen LogP contribution in [0.5, 0.6) is 5.75 Å². The summed E-state index contributed by atoms with van der Waals surface area (Å²) in [5.74, 6) is 1.22. The maximum Gasteiger partial charge on any atom is 0.315 e. The Morgan fingerprint density at radius 3 is 2.80 bits per heavy atom. The number of amides is 2. The molecule has 1 saturated carbocycles. The molecule has 0 unspecified atom stereocenters. The van der Waals surface area contributed by atoms with Gasteiger partial charge in [0.05, 0.1) is 6.61 Å². The molecule has 0 atom stereocenters. The molecule has 0 spiro atoms. The van der Waals surface area contributed by atoms with Gasteiger partial charge in [-0.3, -0.25) is 0 Å². The van der Waals surface area contributed by atoms with Crippen LogP contribution in [0.4, 0.5) is 9.18 Å². The Balaban J connectivity index is 1.30. The zero-order valence-electron chi connectivity index (χ0n) is 14.0. The van der Waals surface area contributed by atoms with Gasteiger partial charge < -0.3 is 15.4 Å². The number of carbonyl (C=O) groups excluding carboxylic acids is 1. The zero-order chi connectivity index (χ0) is 17.2. The van der Waals surface area contributed by atoms with Gasteiger partial charge in [0.15, 0.2) is 0 Å². The van der Waals surface area contributed by atoms with Crippen molar-refractivity contribution in [3.05, 3.63) is 64.5 Å². The van der Waals surface area contributed by atoms with Crippen molar-refractivity contribution in [2.75, 3.05) is 6.61 Å². The minimum atomic E-state index is -0.298. The average Bonchev–Trinajstić information content (AvgIpc) is 3.36. The molecule has 2 amide bonds. The highest BCUT2D eigenvalue weighted by molar-refractivity contribution is 5.73. The molecule has 1 fully saturated rings. The predicted molar refractivity (Wildman–Crippen MR) is 93.1 cm³/mol.